The molecule has 0 spiro atoms. The van der Waals surface area contributed by atoms with E-state index in [4.69, 9.17) is 4.74 Å². The van der Waals surface area contributed by atoms with Crippen LogP contribution in [-0.4, -0.2) is 48.9 Å². The highest BCUT2D eigenvalue weighted by molar-refractivity contribution is 5.72. The summed E-state index contributed by atoms with van der Waals surface area (Å²) >= 11 is 0. The van der Waals surface area contributed by atoms with Crippen LogP contribution in [0.5, 0.6) is 0 Å². The van der Waals surface area contributed by atoms with Crippen molar-refractivity contribution in [3.63, 3.8) is 0 Å². The third kappa shape index (κ3) is 5.39. The van der Waals surface area contributed by atoms with Crippen molar-refractivity contribution in [2.75, 3.05) is 26.2 Å². The summed E-state index contributed by atoms with van der Waals surface area (Å²) in [4.78, 5) is 28.8. The number of carbonyl (C=O) groups excluding carboxylic acids is 2. The predicted octanol–water partition coefficient (Wildman–Crippen LogP) is 0.468. The van der Waals surface area contributed by atoms with Crippen LogP contribution < -0.4 is 10.8 Å². The summed E-state index contributed by atoms with van der Waals surface area (Å²) in [5.74, 6) is 0. The Bertz CT molecular complexity index is 282. The molecule has 0 aliphatic carbocycles. The zero-order chi connectivity index (χ0) is 12.9. The molecule has 0 saturated carbocycles. The third-order valence-electron chi connectivity index (χ3n) is 2.00. The fourth-order valence-corrected chi connectivity index (χ4v) is 1.30. The largest absolute Gasteiger partial charge is 0.442 e. The molecule has 1 aliphatic rings. The van der Waals surface area contributed by atoms with Crippen molar-refractivity contribution in [1.29, 1.82) is 0 Å². The number of piperazine rings is 1. The van der Waals surface area contributed by atoms with Gasteiger partial charge in [-0.05, 0) is 20.8 Å². The van der Waals surface area contributed by atoms with Gasteiger partial charge >= 0.3 is 12.2 Å². The van der Waals surface area contributed by atoms with Crippen LogP contribution in [0.2, 0.25) is 0 Å². The molecule has 0 aromatic heterocycles. The Morgan fingerprint density at radius 1 is 1.24 bits per heavy atom. The lowest BCUT2D eigenvalue weighted by Gasteiger charge is -2.26. The quantitative estimate of drug-likeness (QED) is 0.606. The lowest BCUT2D eigenvalue weighted by molar-refractivity contribution is 0.00509. The summed E-state index contributed by atoms with van der Waals surface area (Å²) in [7, 11) is 0. The zero-order valence-corrected chi connectivity index (χ0v) is 10.4. The summed E-state index contributed by atoms with van der Waals surface area (Å²) in [5.41, 5.74) is 1.34. The van der Waals surface area contributed by atoms with Gasteiger partial charge in [0, 0.05) is 26.2 Å². The van der Waals surface area contributed by atoms with Crippen LogP contribution in [0.25, 0.3) is 0 Å². The van der Waals surface area contributed by atoms with Gasteiger partial charge in [0.25, 0.3) is 0 Å². The number of hydrogen-bond donors (Lipinski definition) is 2. The average Bonchev–Trinajstić information content (AvgIpc) is 2.25. The van der Waals surface area contributed by atoms with E-state index in [0.29, 0.717) is 13.1 Å². The maximum absolute atomic E-state index is 11.5. The Balaban J connectivity index is 2.25. The second-order valence-electron chi connectivity index (χ2n) is 4.71. The normalized spacial score (nSPS) is 16.3. The Kier molecular flexibility index (Phi) is 4.56. The van der Waals surface area contributed by atoms with Crippen molar-refractivity contribution in [1.82, 2.24) is 15.7 Å². The summed E-state index contributed by atoms with van der Waals surface area (Å²) < 4.78 is 4.92. The molecule has 2 N–H and O–H groups in total. The number of nitrogens with one attached hydrogen (secondary N) is 2. The van der Waals surface area contributed by atoms with Gasteiger partial charge in [-0.2, -0.15) is 0 Å². The monoisotopic (exact) mass is 245 g/mol. The zero-order valence-electron chi connectivity index (χ0n) is 10.4. The van der Waals surface area contributed by atoms with Crippen molar-refractivity contribution < 1.29 is 19.2 Å². The molecule has 7 heteroatoms. The van der Waals surface area contributed by atoms with Gasteiger partial charge in [-0.25, -0.2) is 9.59 Å². The van der Waals surface area contributed by atoms with E-state index in [9.17, 15) is 9.59 Å². The fraction of sp³-hybridized carbons (Fsp3) is 0.800. The molecule has 1 heterocycles. The summed E-state index contributed by atoms with van der Waals surface area (Å²) in [6.45, 7) is 7.76. The van der Waals surface area contributed by atoms with Gasteiger partial charge in [0.05, 0.1) is 0 Å². The van der Waals surface area contributed by atoms with Gasteiger partial charge in [-0.3, -0.25) is 0 Å². The number of carbonyl (C=O) groups is 2. The van der Waals surface area contributed by atoms with E-state index in [1.807, 2.05) is 5.48 Å². The molecule has 17 heavy (non-hydrogen) atoms. The van der Waals surface area contributed by atoms with Crippen molar-refractivity contribution in [2.45, 2.75) is 26.4 Å². The van der Waals surface area contributed by atoms with E-state index in [0.717, 1.165) is 13.1 Å². The lowest BCUT2D eigenvalue weighted by atomic mass is 10.2. The molecule has 1 saturated heterocycles. The van der Waals surface area contributed by atoms with E-state index in [1.54, 1.807) is 20.8 Å². The molecule has 0 radical (unpaired) electrons. The molecule has 98 valence electrons. The summed E-state index contributed by atoms with van der Waals surface area (Å²) in [6.07, 6.45) is -1.35. The molecule has 1 fully saturated rings. The van der Waals surface area contributed by atoms with Gasteiger partial charge in [-0.15, -0.1) is 5.48 Å². The van der Waals surface area contributed by atoms with Gasteiger partial charge in [0.1, 0.15) is 5.60 Å². The number of rotatable bonds is 0. The van der Waals surface area contributed by atoms with E-state index >= 15 is 0 Å². The standard InChI is InChI=1S/C10H19N3O4/c1-10(2,3)16-8(14)12-17-9(15)13-6-4-11-5-7-13/h11H,4-7H2,1-3H3,(H,12,14). The van der Waals surface area contributed by atoms with Crippen molar-refractivity contribution in [2.24, 2.45) is 0 Å². The maximum Gasteiger partial charge on any atom is 0.441 e. The van der Waals surface area contributed by atoms with Crippen molar-refractivity contribution >= 4 is 12.2 Å². The van der Waals surface area contributed by atoms with E-state index in [-0.39, 0.29) is 0 Å². The molecule has 0 bridgehead atoms. The minimum absolute atomic E-state index is 0.564. The van der Waals surface area contributed by atoms with E-state index < -0.39 is 17.8 Å². The molecule has 2 amide bonds. The first-order chi connectivity index (χ1) is 7.88. The topological polar surface area (TPSA) is 79.9 Å². The van der Waals surface area contributed by atoms with E-state index in [1.165, 1.54) is 4.90 Å². The molecular formula is C10H19N3O4. The second kappa shape index (κ2) is 5.72. The Hall–Kier alpha value is -1.50. The molecule has 1 aliphatic heterocycles. The van der Waals surface area contributed by atoms with Crippen LogP contribution in [0.15, 0.2) is 0 Å². The molecule has 0 atom stereocenters. The Labute approximate surface area is 100 Å². The van der Waals surface area contributed by atoms with E-state index in [2.05, 4.69) is 10.2 Å². The third-order valence-corrected chi connectivity index (χ3v) is 2.00. The van der Waals surface area contributed by atoms with Gasteiger partial charge < -0.3 is 19.8 Å². The molecular weight excluding hydrogens is 226 g/mol. The number of amides is 2. The Morgan fingerprint density at radius 3 is 2.35 bits per heavy atom. The van der Waals surface area contributed by atoms with Crippen LogP contribution in [0.3, 0.4) is 0 Å². The van der Waals surface area contributed by atoms with Crippen LogP contribution in [0.1, 0.15) is 20.8 Å². The van der Waals surface area contributed by atoms with Gasteiger partial charge in [-0.1, -0.05) is 0 Å². The van der Waals surface area contributed by atoms with Crippen LogP contribution in [0.4, 0.5) is 9.59 Å². The van der Waals surface area contributed by atoms with Gasteiger partial charge in [0.15, 0.2) is 0 Å². The number of hydroxylamine groups is 1. The SMILES string of the molecule is CC(C)(C)OC(=O)NOC(=O)N1CCNCC1. The molecule has 0 aromatic rings. The highest BCUT2D eigenvalue weighted by Gasteiger charge is 2.21. The minimum Gasteiger partial charge on any atom is -0.442 e. The molecule has 0 aromatic carbocycles. The van der Waals surface area contributed by atoms with Crippen LogP contribution >= 0.6 is 0 Å². The van der Waals surface area contributed by atoms with Gasteiger partial charge in [0.2, 0.25) is 0 Å². The molecule has 7 nitrogen and oxygen atoms in total. The highest BCUT2D eigenvalue weighted by Crippen LogP contribution is 2.06. The summed E-state index contributed by atoms with van der Waals surface area (Å²) in [5, 5.41) is 3.10. The number of ether oxygens (including phenoxy) is 1. The average molecular weight is 245 g/mol. The number of hydrogen-bond acceptors (Lipinski definition) is 5. The minimum atomic E-state index is -0.777. The Morgan fingerprint density at radius 2 is 1.82 bits per heavy atom. The van der Waals surface area contributed by atoms with Crippen molar-refractivity contribution in [3.05, 3.63) is 0 Å². The van der Waals surface area contributed by atoms with Crippen molar-refractivity contribution in [3.8, 4) is 0 Å². The highest BCUT2D eigenvalue weighted by atomic mass is 16.7. The first kappa shape index (κ1) is 13.6. The molecule has 1 rings (SSSR count). The molecule has 0 unspecified atom stereocenters. The fourth-order valence-electron chi connectivity index (χ4n) is 1.30. The summed E-state index contributed by atoms with van der Waals surface area (Å²) in [6, 6.07) is 0. The lowest BCUT2D eigenvalue weighted by Crippen LogP contribution is -2.48. The van der Waals surface area contributed by atoms with Crippen LogP contribution in [0, 0.1) is 0 Å². The first-order valence-electron chi connectivity index (χ1n) is 5.54. The predicted molar refractivity (Wildman–Crippen MR) is 60.3 cm³/mol. The first-order valence-corrected chi connectivity index (χ1v) is 5.54. The number of nitrogens with zero attached hydrogens (tertiary/aromatic N) is 1. The smallest absolute Gasteiger partial charge is 0.441 e. The maximum atomic E-state index is 11.5. The van der Waals surface area contributed by atoms with Crippen LogP contribution in [-0.2, 0) is 9.57 Å². The second-order valence-corrected chi connectivity index (χ2v) is 4.71.